The minimum absolute atomic E-state index is 0.412. The first-order valence-electron chi connectivity index (χ1n) is 7.62. The zero-order valence-corrected chi connectivity index (χ0v) is 12.6. The molecule has 0 unspecified atom stereocenters. The molecule has 1 aromatic carbocycles. The Balaban J connectivity index is 1.69. The molecule has 0 spiro atoms. The molecule has 0 bridgehead atoms. The topological polar surface area (TPSA) is 62.2 Å². The van der Waals surface area contributed by atoms with Crippen molar-refractivity contribution in [3.8, 4) is 5.75 Å². The maximum absolute atomic E-state index is 9.13. The fraction of sp³-hybridized carbons (Fsp3) is 0.600. The molecule has 1 saturated heterocycles. The van der Waals surface area contributed by atoms with Gasteiger partial charge in [0.15, 0.2) is 0 Å². The standard InChI is InChI=1S/C15H24BNO4/c1-2-20-14-6-8-17(9-7-14)10-11-21-15-5-3-4-13(12-15)16(18)19/h3-5,12,14,18-19H,2,6-11H2,1H3. The van der Waals surface area contributed by atoms with E-state index in [-0.39, 0.29) is 0 Å². The number of nitrogens with zero attached hydrogens (tertiary/aromatic N) is 1. The highest BCUT2D eigenvalue weighted by Crippen LogP contribution is 2.13. The van der Waals surface area contributed by atoms with Crippen LogP contribution in [0.15, 0.2) is 24.3 Å². The van der Waals surface area contributed by atoms with Gasteiger partial charge in [0, 0.05) is 26.2 Å². The molecule has 5 nitrogen and oxygen atoms in total. The Morgan fingerprint density at radius 1 is 1.29 bits per heavy atom. The summed E-state index contributed by atoms with van der Waals surface area (Å²) in [5.41, 5.74) is 0.449. The van der Waals surface area contributed by atoms with E-state index < -0.39 is 7.12 Å². The smallest absolute Gasteiger partial charge is 0.488 e. The molecule has 6 heteroatoms. The van der Waals surface area contributed by atoms with Crippen LogP contribution in [0.5, 0.6) is 5.75 Å². The van der Waals surface area contributed by atoms with Crippen LogP contribution in [0.4, 0.5) is 0 Å². The lowest BCUT2D eigenvalue weighted by Crippen LogP contribution is -2.39. The number of hydrogen-bond donors (Lipinski definition) is 2. The van der Waals surface area contributed by atoms with Gasteiger partial charge in [-0.15, -0.1) is 0 Å². The molecule has 21 heavy (non-hydrogen) atoms. The molecule has 1 fully saturated rings. The van der Waals surface area contributed by atoms with Crippen molar-refractivity contribution >= 4 is 12.6 Å². The molecule has 1 aromatic rings. The van der Waals surface area contributed by atoms with Crippen LogP contribution < -0.4 is 10.2 Å². The van der Waals surface area contributed by atoms with E-state index in [4.69, 9.17) is 19.5 Å². The Bertz CT molecular complexity index is 422. The zero-order chi connectivity index (χ0) is 15.1. The molecule has 0 amide bonds. The molecule has 0 radical (unpaired) electrons. The van der Waals surface area contributed by atoms with E-state index in [1.54, 1.807) is 18.2 Å². The lowest BCUT2D eigenvalue weighted by atomic mass is 9.80. The van der Waals surface area contributed by atoms with Crippen LogP contribution in [0.3, 0.4) is 0 Å². The zero-order valence-electron chi connectivity index (χ0n) is 12.6. The van der Waals surface area contributed by atoms with Crippen LogP contribution in [0.1, 0.15) is 19.8 Å². The SMILES string of the molecule is CCOC1CCN(CCOc2cccc(B(O)O)c2)CC1. The summed E-state index contributed by atoms with van der Waals surface area (Å²) in [4.78, 5) is 2.38. The van der Waals surface area contributed by atoms with Crippen LogP contribution in [0.25, 0.3) is 0 Å². The molecular formula is C15H24BNO4. The summed E-state index contributed by atoms with van der Waals surface area (Å²) in [6.07, 6.45) is 2.58. The van der Waals surface area contributed by atoms with E-state index in [2.05, 4.69) is 4.90 Å². The fourth-order valence-corrected chi connectivity index (χ4v) is 2.59. The van der Waals surface area contributed by atoms with Gasteiger partial charge in [-0.2, -0.15) is 0 Å². The highest BCUT2D eigenvalue weighted by molar-refractivity contribution is 6.58. The molecule has 0 aliphatic carbocycles. The summed E-state index contributed by atoms with van der Waals surface area (Å²) in [6, 6.07) is 6.91. The lowest BCUT2D eigenvalue weighted by Gasteiger charge is -2.31. The molecule has 0 aromatic heterocycles. The van der Waals surface area contributed by atoms with Crippen molar-refractivity contribution in [2.24, 2.45) is 0 Å². The minimum atomic E-state index is -1.45. The highest BCUT2D eigenvalue weighted by Gasteiger charge is 2.19. The quantitative estimate of drug-likeness (QED) is 0.706. The van der Waals surface area contributed by atoms with Crippen LogP contribution in [0.2, 0.25) is 0 Å². The average Bonchev–Trinajstić information content (AvgIpc) is 2.50. The summed E-state index contributed by atoms with van der Waals surface area (Å²) < 4.78 is 11.3. The Morgan fingerprint density at radius 3 is 2.71 bits per heavy atom. The molecule has 1 aliphatic rings. The van der Waals surface area contributed by atoms with Gasteiger partial charge in [0.25, 0.3) is 0 Å². The van der Waals surface area contributed by atoms with Crippen molar-refractivity contribution < 1.29 is 19.5 Å². The summed E-state index contributed by atoms with van der Waals surface area (Å²) in [5.74, 6) is 0.671. The van der Waals surface area contributed by atoms with Gasteiger partial charge in [-0.1, -0.05) is 12.1 Å². The maximum atomic E-state index is 9.13. The Labute approximate surface area is 126 Å². The predicted molar refractivity (Wildman–Crippen MR) is 82.9 cm³/mol. The number of piperidine rings is 1. The fourth-order valence-electron chi connectivity index (χ4n) is 2.59. The van der Waals surface area contributed by atoms with E-state index in [1.165, 1.54) is 0 Å². The summed E-state index contributed by atoms with van der Waals surface area (Å²) in [7, 11) is -1.45. The Hall–Kier alpha value is -1.08. The van der Waals surface area contributed by atoms with Crippen molar-refractivity contribution in [2.75, 3.05) is 32.8 Å². The Morgan fingerprint density at radius 2 is 2.05 bits per heavy atom. The van der Waals surface area contributed by atoms with Crippen LogP contribution >= 0.6 is 0 Å². The number of hydrogen-bond acceptors (Lipinski definition) is 5. The summed E-state index contributed by atoms with van der Waals surface area (Å²) >= 11 is 0. The van der Waals surface area contributed by atoms with Gasteiger partial charge in [-0.25, -0.2) is 0 Å². The third kappa shape index (κ3) is 5.32. The van der Waals surface area contributed by atoms with Crippen LogP contribution in [-0.2, 0) is 4.74 Å². The Kier molecular flexibility index (Phi) is 6.51. The number of likely N-dealkylation sites (tertiary alicyclic amines) is 1. The molecule has 116 valence electrons. The largest absolute Gasteiger partial charge is 0.492 e. The molecule has 1 aliphatic heterocycles. The van der Waals surface area contributed by atoms with E-state index in [0.717, 1.165) is 39.1 Å². The number of benzene rings is 1. The first-order chi connectivity index (χ1) is 10.2. The van der Waals surface area contributed by atoms with Gasteiger partial charge in [-0.05, 0) is 37.4 Å². The van der Waals surface area contributed by atoms with Crippen LogP contribution in [-0.4, -0.2) is 61.0 Å². The van der Waals surface area contributed by atoms with Gasteiger partial charge in [0.2, 0.25) is 0 Å². The first-order valence-corrected chi connectivity index (χ1v) is 7.62. The third-order valence-corrected chi connectivity index (χ3v) is 3.77. The molecule has 2 N–H and O–H groups in total. The highest BCUT2D eigenvalue weighted by atomic mass is 16.5. The van der Waals surface area contributed by atoms with Gasteiger partial charge in [0.1, 0.15) is 12.4 Å². The first kappa shape index (κ1) is 16.3. The monoisotopic (exact) mass is 293 g/mol. The summed E-state index contributed by atoms with van der Waals surface area (Å²) in [5, 5.41) is 18.3. The third-order valence-electron chi connectivity index (χ3n) is 3.77. The number of ether oxygens (including phenoxy) is 2. The van der Waals surface area contributed by atoms with Crippen LogP contribution in [0, 0.1) is 0 Å². The van der Waals surface area contributed by atoms with Crippen molar-refractivity contribution in [2.45, 2.75) is 25.9 Å². The van der Waals surface area contributed by atoms with Crippen molar-refractivity contribution in [1.82, 2.24) is 4.90 Å². The van der Waals surface area contributed by atoms with Crippen molar-refractivity contribution in [1.29, 1.82) is 0 Å². The van der Waals surface area contributed by atoms with Crippen molar-refractivity contribution in [3.05, 3.63) is 24.3 Å². The van der Waals surface area contributed by atoms with E-state index in [1.807, 2.05) is 13.0 Å². The molecular weight excluding hydrogens is 269 g/mol. The van der Waals surface area contributed by atoms with Crippen molar-refractivity contribution in [3.63, 3.8) is 0 Å². The molecule has 0 atom stereocenters. The second-order valence-corrected chi connectivity index (χ2v) is 5.29. The van der Waals surface area contributed by atoms with Gasteiger partial charge < -0.3 is 19.5 Å². The predicted octanol–water partition coefficient (Wildman–Crippen LogP) is 0.246. The minimum Gasteiger partial charge on any atom is -0.492 e. The van der Waals surface area contributed by atoms with Gasteiger partial charge in [0.05, 0.1) is 6.10 Å². The summed E-state index contributed by atoms with van der Waals surface area (Å²) in [6.45, 7) is 6.40. The lowest BCUT2D eigenvalue weighted by molar-refractivity contribution is 0.0119. The molecule has 0 saturated carbocycles. The molecule has 2 rings (SSSR count). The second kappa shape index (κ2) is 8.39. The average molecular weight is 293 g/mol. The van der Waals surface area contributed by atoms with Gasteiger partial charge in [-0.3, -0.25) is 4.90 Å². The van der Waals surface area contributed by atoms with E-state index in [9.17, 15) is 0 Å². The maximum Gasteiger partial charge on any atom is 0.488 e. The number of rotatable bonds is 7. The molecule has 1 heterocycles. The second-order valence-electron chi connectivity index (χ2n) is 5.29. The van der Waals surface area contributed by atoms with E-state index in [0.29, 0.717) is 23.9 Å². The normalized spacial score (nSPS) is 16.9. The van der Waals surface area contributed by atoms with E-state index >= 15 is 0 Å². The van der Waals surface area contributed by atoms with Gasteiger partial charge >= 0.3 is 7.12 Å².